The lowest BCUT2D eigenvalue weighted by molar-refractivity contribution is 0.598. The molecule has 0 saturated carbocycles. The molecule has 1 aromatic rings. The van der Waals surface area contributed by atoms with Crippen molar-refractivity contribution < 1.29 is 13.9 Å². The molecule has 0 aromatic heterocycles. The lowest BCUT2D eigenvalue weighted by Gasteiger charge is -2.00. The second kappa shape index (κ2) is 4.43. The normalized spacial score (nSPS) is 14.6. The van der Waals surface area contributed by atoms with Crippen LogP contribution in [-0.2, 0) is 10.0 Å². The van der Waals surface area contributed by atoms with Crippen LogP contribution in [0.3, 0.4) is 0 Å². The van der Waals surface area contributed by atoms with E-state index in [0.717, 1.165) is 0 Å². The molecule has 1 rings (SSSR count). The van der Waals surface area contributed by atoms with Gasteiger partial charge in [0.1, 0.15) is 0 Å². The summed E-state index contributed by atoms with van der Waals surface area (Å²) in [4.78, 5) is -0.846. The van der Waals surface area contributed by atoms with Crippen LogP contribution in [0.1, 0.15) is 5.48 Å². The quantitative estimate of drug-likeness (QED) is 0.491. The molecule has 74 valence electrons. The first kappa shape index (κ1) is 6.61. The standard InChI is InChI=1S/C6H9N3O2S.ClH/c7-9-5-1-3-6(4-2-5)12(8,10)11;/h1-4,9H,7H2,(H2,8,10,11);1H/i1D,2D,3D,4D;. The summed E-state index contributed by atoms with van der Waals surface area (Å²) in [7, 11) is -4.32. The van der Waals surface area contributed by atoms with Crippen LogP contribution < -0.4 is 16.4 Å². The highest BCUT2D eigenvalue weighted by molar-refractivity contribution is 7.89. The van der Waals surface area contributed by atoms with Crippen molar-refractivity contribution in [2.75, 3.05) is 5.43 Å². The molecule has 5 N–H and O–H groups in total. The predicted molar refractivity (Wildman–Crippen MR) is 52.9 cm³/mol. The summed E-state index contributed by atoms with van der Waals surface area (Å²) >= 11 is 0. The third kappa shape index (κ3) is 3.19. The fourth-order valence-corrected chi connectivity index (χ4v) is 0.902. The maximum absolute atomic E-state index is 11.1. The fraction of sp³-hybridized carbons (Fsp3) is 0. The number of hydrazine groups is 1. The Hall–Kier alpha value is -0.820. The van der Waals surface area contributed by atoms with Crippen LogP contribution in [0.2, 0.25) is 0 Å². The summed E-state index contributed by atoms with van der Waals surface area (Å²) in [5.41, 5.74) is 1.68. The number of anilines is 1. The number of hydrogen-bond donors (Lipinski definition) is 3. The van der Waals surface area contributed by atoms with Gasteiger partial charge in [0.05, 0.1) is 10.4 Å². The predicted octanol–water partition coefficient (Wildman–Crippen LogP) is 0.0414. The summed E-state index contributed by atoms with van der Waals surface area (Å²) in [6.07, 6.45) is 0. The average molecular weight is 228 g/mol. The van der Waals surface area contributed by atoms with E-state index in [2.05, 4.69) is 0 Å². The zero-order valence-corrected chi connectivity index (χ0v) is 7.92. The van der Waals surface area contributed by atoms with Crippen LogP contribution in [0.15, 0.2) is 29.1 Å². The van der Waals surface area contributed by atoms with Gasteiger partial charge in [-0.1, -0.05) is 0 Å². The highest BCUT2D eigenvalue weighted by Gasteiger charge is 2.05. The second-order valence-corrected chi connectivity index (χ2v) is 3.39. The Balaban J connectivity index is 0.00000256. The molecule has 0 bridgehead atoms. The number of benzene rings is 1. The zero-order chi connectivity index (χ0) is 12.7. The lowest BCUT2D eigenvalue weighted by atomic mass is 10.3. The minimum absolute atomic E-state index is 0. The van der Waals surface area contributed by atoms with Gasteiger partial charge in [0, 0.05) is 5.69 Å². The summed E-state index contributed by atoms with van der Waals surface area (Å²) in [6, 6.07) is -2.69. The van der Waals surface area contributed by atoms with Gasteiger partial charge in [-0.2, -0.15) is 0 Å². The molecular formula is C6H10ClN3O2S. The molecule has 0 heterocycles. The maximum Gasteiger partial charge on any atom is 0.238 e. The van der Waals surface area contributed by atoms with Gasteiger partial charge in [0.2, 0.25) is 10.0 Å². The van der Waals surface area contributed by atoms with E-state index in [9.17, 15) is 8.42 Å². The number of nitrogens with one attached hydrogen (secondary N) is 1. The van der Waals surface area contributed by atoms with Crippen LogP contribution in [0, 0.1) is 0 Å². The van der Waals surface area contributed by atoms with Crippen molar-refractivity contribution in [1.29, 1.82) is 0 Å². The van der Waals surface area contributed by atoms with Crippen molar-refractivity contribution in [3.8, 4) is 0 Å². The molecule has 0 radical (unpaired) electrons. The van der Waals surface area contributed by atoms with E-state index >= 15 is 0 Å². The van der Waals surface area contributed by atoms with Gasteiger partial charge in [-0.3, -0.25) is 5.84 Å². The van der Waals surface area contributed by atoms with Gasteiger partial charge >= 0.3 is 0 Å². The van der Waals surface area contributed by atoms with E-state index in [1.165, 1.54) is 0 Å². The number of primary sulfonamides is 1. The summed E-state index contributed by atoms with van der Waals surface area (Å²) in [5, 5.41) is 4.80. The Bertz CT molecular complexity index is 522. The number of rotatable bonds is 2. The summed E-state index contributed by atoms with van der Waals surface area (Å²) < 4.78 is 51.8. The Labute approximate surface area is 88.2 Å². The van der Waals surface area contributed by atoms with E-state index in [0.29, 0.717) is 0 Å². The van der Waals surface area contributed by atoms with Crippen LogP contribution in [0.5, 0.6) is 0 Å². The van der Waals surface area contributed by atoms with Gasteiger partial charge in [0.15, 0.2) is 0 Å². The minimum atomic E-state index is -4.32. The molecule has 5 nitrogen and oxygen atoms in total. The van der Waals surface area contributed by atoms with E-state index < -0.39 is 39.1 Å². The highest BCUT2D eigenvalue weighted by atomic mass is 35.5. The number of sulfonamides is 1. The van der Waals surface area contributed by atoms with Crippen LogP contribution in [0.4, 0.5) is 5.69 Å². The van der Waals surface area contributed by atoms with Gasteiger partial charge in [-0.15, -0.1) is 12.4 Å². The smallest absolute Gasteiger partial charge is 0.238 e. The molecule has 0 amide bonds. The third-order valence-corrected chi connectivity index (χ3v) is 1.80. The van der Waals surface area contributed by atoms with Crippen molar-refractivity contribution in [1.82, 2.24) is 0 Å². The topological polar surface area (TPSA) is 98.2 Å². The van der Waals surface area contributed by atoms with E-state index in [4.69, 9.17) is 16.5 Å². The second-order valence-electron chi connectivity index (χ2n) is 1.89. The first-order chi connectivity index (χ1) is 7.21. The Morgan fingerprint density at radius 3 is 2.08 bits per heavy atom. The maximum atomic E-state index is 11.1. The lowest BCUT2D eigenvalue weighted by Crippen LogP contribution is -2.12. The van der Waals surface area contributed by atoms with Gasteiger partial charge in [-0.25, -0.2) is 13.6 Å². The molecule has 7 heteroatoms. The molecule has 0 atom stereocenters. The van der Waals surface area contributed by atoms with Crippen LogP contribution in [0.25, 0.3) is 0 Å². The largest absolute Gasteiger partial charge is 0.324 e. The molecule has 0 saturated heterocycles. The number of nitrogen functional groups attached to an aromatic ring is 1. The van der Waals surface area contributed by atoms with E-state index in [1.54, 1.807) is 0 Å². The van der Waals surface area contributed by atoms with Gasteiger partial charge in [-0.05, 0) is 24.2 Å². The average Bonchev–Trinajstić information content (AvgIpc) is 2.14. The molecule has 13 heavy (non-hydrogen) atoms. The van der Waals surface area contributed by atoms with E-state index in [-0.39, 0.29) is 18.1 Å². The monoisotopic (exact) mass is 227 g/mol. The molecule has 0 unspecified atom stereocenters. The van der Waals surface area contributed by atoms with E-state index in [1.807, 2.05) is 5.43 Å². The van der Waals surface area contributed by atoms with Crippen LogP contribution in [-0.4, -0.2) is 8.42 Å². The van der Waals surface area contributed by atoms with Crippen molar-refractivity contribution in [3.63, 3.8) is 0 Å². The van der Waals surface area contributed by atoms with Gasteiger partial charge < -0.3 is 5.43 Å². The molecule has 0 aliphatic heterocycles. The number of hydrogen-bond acceptors (Lipinski definition) is 4. The Morgan fingerprint density at radius 2 is 1.77 bits per heavy atom. The van der Waals surface area contributed by atoms with Gasteiger partial charge in [0.25, 0.3) is 0 Å². The molecule has 0 aliphatic rings. The highest BCUT2D eigenvalue weighted by Crippen LogP contribution is 2.10. The Morgan fingerprint density at radius 1 is 1.31 bits per heavy atom. The zero-order valence-electron chi connectivity index (χ0n) is 10.3. The third-order valence-electron chi connectivity index (χ3n) is 1.03. The van der Waals surface area contributed by atoms with Crippen molar-refractivity contribution in [2.24, 2.45) is 11.0 Å². The van der Waals surface area contributed by atoms with Crippen molar-refractivity contribution >= 4 is 28.1 Å². The minimum Gasteiger partial charge on any atom is -0.324 e. The first-order valence-corrected chi connectivity index (χ1v) is 4.36. The van der Waals surface area contributed by atoms with Crippen molar-refractivity contribution in [3.05, 3.63) is 24.2 Å². The fourth-order valence-electron chi connectivity index (χ4n) is 0.515. The van der Waals surface area contributed by atoms with Crippen LogP contribution >= 0.6 is 12.4 Å². The molecule has 1 aromatic carbocycles. The summed E-state index contributed by atoms with van der Waals surface area (Å²) in [5.74, 6) is 5.01. The molecule has 0 spiro atoms. The van der Waals surface area contributed by atoms with Crippen molar-refractivity contribution in [2.45, 2.75) is 4.90 Å². The summed E-state index contributed by atoms with van der Waals surface area (Å²) in [6.45, 7) is 0. The number of halogens is 1. The first-order valence-electron chi connectivity index (χ1n) is 4.81. The SMILES string of the molecule is Cl.[2H]c1c([2H])c(S(N)(=O)=O)c([2H])c([2H])c1NN. The Kier molecular flexibility index (Phi) is 2.25. The number of nitrogens with two attached hydrogens (primary N) is 2. The molecule has 0 fully saturated rings. The molecular weight excluding hydrogens is 214 g/mol. The molecule has 0 aliphatic carbocycles.